The summed E-state index contributed by atoms with van der Waals surface area (Å²) in [5, 5.41) is 6.14. The van der Waals surface area contributed by atoms with E-state index in [1.807, 2.05) is 55.6 Å². The van der Waals surface area contributed by atoms with Gasteiger partial charge in [0.25, 0.3) is 0 Å². The standard InChI is InChI=1S/C45H38N2O4/c1-44(2)14-16-47-17-15-45(3,4)39-40(47)35(44)21-30-20-34(43(49)51-41(30)39)28-11-13-32-31-12-10-27(22-36(31)46(5)37(32)23-28)33-19-29-18-25-8-6-7-9-26(25)24-38(29)50-42(33)48/h6-13,18-24H,14-17H2,1-5H3. The van der Waals surface area contributed by atoms with Gasteiger partial charge in [-0.3, -0.25) is 0 Å². The summed E-state index contributed by atoms with van der Waals surface area (Å²) in [7, 11) is 2.03. The Balaban J connectivity index is 1.11. The molecule has 0 aliphatic carbocycles. The highest BCUT2D eigenvalue weighted by Gasteiger charge is 2.42. The molecule has 10 rings (SSSR count). The van der Waals surface area contributed by atoms with Crippen molar-refractivity contribution in [2.45, 2.75) is 51.4 Å². The van der Waals surface area contributed by atoms with Crippen LogP contribution in [0.2, 0.25) is 0 Å². The van der Waals surface area contributed by atoms with Crippen molar-refractivity contribution in [1.82, 2.24) is 4.57 Å². The Morgan fingerprint density at radius 2 is 1.20 bits per heavy atom. The molecule has 2 aliphatic rings. The van der Waals surface area contributed by atoms with Gasteiger partial charge in [-0.25, -0.2) is 9.59 Å². The predicted molar refractivity (Wildman–Crippen MR) is 208 cm³/mol. The van der Waals surface area contributed by atoms with Gasteiger partial charge < -0.3 is 18.3 Å². The van der Waals surface area contributed by atoms with E-state index in [1.165, 1.54) is 16.8 Å². The summed E-state index contributed by atoms with van der Waals surface area (Å²) in [6.45, 7) is 11.3. The maximum atomic E-state index is 13.9. The van der Waals surface area contributed by atoms with E-state index >= 15 is 0 Å². The minimum Gasteiger partial charge on any atom is -0.422 e. The van der Waals surface area contributed by atoms with Gasteiger partial charge in [0, 0.05) is 64.0 Å². The Morgan fingerprint density at radius 3 is 1.86 bits per heavy atom. The van der Waals surface area contributed by atoms with Crippen molar-refractivity contribution < 1.29 is 8.83 Å². The number of aryl methyl sites for hydroxylation is 1. The third kappa shape index (κ3) is 4.35. The highest BCUT2D eigenvalue weighted by molar-refractivity contribution is 6.10. The molecule has 0 radical (unpaired) electrons. The van der Waals surface area contributed by atoms with Crippen molar-refractivity contribution in [3.05, 3.63) is 123 Å². The van der Waals surface area contributed by atoms with Crippen molar-refractivity contribution in [2.75, 3.05) is 18.0 Å². The van der Waals surface area contributed by atoms with E-state index in [2.05, 4.69) is 79.6 Å². The second kappa shape index (κ2) is 10.2. The smallest absolute Gasteiger partial charge is 0.344 e. The van der Waals surface area contributed by atoms with Crippen LogP contribution in [0.25, 0.3) is 76.8 Å². The Hall–Kier alpha value is -5.62. The average Bonchev–Trinajstić information content (AvgIpc) is 3.39. The summed E-state index contributed by atoms with van der Waals surface area (Å²) in [6, 6.07) is 30.6. The Kier molecular flexibility index (Phi) is 6.06. The van der Waals surface area contributed by atoms with Gasteiger partial charge in [0.05, 0.1) is 11.1 Å². The van der Waals surface area contributed by atoms with Crippen LogP contribution in [0.1, 0.15) is 51.7 Å². The van der Waals surface area contributed by atoms with Crippen molar-refractivity contribution in [3.8, 4) is 22.3 Å². The average molecular weight is 671 g/mol. The number of hydrogen-bond acceptors (Lipinski definition) is 5. The van der Waals surface area contributed by atoms with Gasteiger partial charge in [-0.2, -0.15) is 0 Å². The molecule has 3 aromatic heterocycles. The molecule has 6 heteroatoms. The number of hydrogen-bond donors (Lipinski definition) is 0. The molecule has 0 atom stereocenters. The molecular formula is C45H38N2O4. The van der Waals surface area contributed by atoms with Crippen LogP contribution < -0.4 is 16.2 Å². The molecule has 0 amide bonds. The molecule has 0 bridgehead atoms. The van der Waals surface area contributed by atoms with E-state index in [-0.39, 0.29) is 22.1 Å². The SMILES string of the molecule is Cn1c2cc(-c3cc4cc5ccccc5cc4oc3=O)ccc2c2ccc(-c3cc4cc5c6c(c4oc3=O)C(C)(C)CCN6CCC5(C)C)cc21. The van der Waals surface area contributed by atoms with Gasteiger partial charge >= 0.3 is 11.3 Å². The van der Waals surface area contributed by atoms with E-state index < -0.39 is 0 Å². The summed E-state index contributed by atoms with van der Waals surface area (Å²) in [5.41, 5.74) is 9.01. The van der Waals surface area contributed by atoms with Crippen LogP contribution in [0, 0.1) is 0 Å². The molecule has 5 heterocycles. The van der Waals surface area contributed by atoms with Crippen LogP contribution in [-0.2, 0) is 17.9 Å². The molecule has 5 aromatic carbocycles. The quantitative estimate of drug-likeness (QED) is 0.135. The Bertz CT molecular complexity index is 2940. The topological polar surface area (TPSA) is 68.6 Å². The molecule has 8 aromatic rings. The van der Waals surface area contributed by atoms with Gasteiger partial charge in [-0.15, -0.1) is 0 Å². The van der Waals surface area contributed by atoms with Gasteiger partial charge in [-0.1, -0.05) is 76.2 Å². The first-order valence-corrected chi connectivity index (χ1v) is 17.9. The van der Waals surface area contributed by atoms with E-state index in [4.69, 9.17) is 8.83 Å². The lowest BCUT2D eigenvalue weighted by Gasteiger charge is -2.48. The highest BCUT2D eigenvalue weighted by Crippen LogP contribution is 2.52. The zero-order valence-corrected chi connectivity index (χ0v) is 29.5. The van der Waals surface area contributed by atoms with Gasteiger partial charge in [0.2, 0.25) is 0 Å². The maximum Gasteiger partial charge on any atom is 0.344 e. The molecule has 51 heavy (non-hydrogen) atoms. The summed E-state index contributed by atoms with van der Waals surface area (Å²) >= 11 is 0. The lowest BCUT2D eigenvalue weighted by molar-refractivity contribution is 0.398. The third-order valence-corrected chi connectivity index (χ3v) is 12.0. The van der Waals surface area contributed by atoms with Crippen molar-refractivity contribution >= 4 is 60.2 Å². The largest absolute Gasteiger partial charge is 0.422 e. The molecular weight excluding hydrogens is 633 g/mol. The number of aromatic nitrogens is 1. The minimum atomic E-state index is -0.365. The number of benzene rings is 5. The lowest BCUT2D eigenvalue weighted by atomic mass is 9.69. The molecule has 2 aliphatic heterocycles. The Labute approximate surface area is 294 Å². The van der Waals surface area contributed by atoms with Crippen molar-refractivity contribution in [3.63, 3.8) is 0 Å². The molecule has 252 valence electrons. The molecule has 0 saturated carbocycles. The predicted octanol–water partition coefficient (Wildman–Crippen LogP) is 10.2. The molecule has 6 nitrogen and oxygen atoms in total. The fourth-order valence-corrected chi connectivity index (χ4v) is 8.90. The van der Waals surface area contributed by atoms with Gasteiger partial charge in [0.15, 0.2) is 0 Å². The fraction of sp³-hybridized carbons (Fsp3) is 0.244. The first kappa shape index (κ1) is 30.2. The number of nitrogens with zero attached hydrogens (tertiary/aromatic N) is 2. The molecule has 0 unspecified atom stereocenters. The van der Waals surface area contributed by atoms with Crippen LogP contribution in [0.15, 0.2) is 109 Å². The summed E-state index contributed by atoms with van der Waals surface area (Å²) in [5.74, 6) is 0. The molecule has 0 fully saturated rings. The van der Waals surface area contributed by atoms with E-state index in [1.54, 1.807) is 0 Å². The number of fused-ring (bicyclic) bond motifs is 7. The first-order chi connectivity index (χ1) is 24.5. The number of anilines is 1. The molecule has 0 saturated heterocycles. The summed E-state index contributed by atoms with van der Waals surface area (Å²) < 4.78 is 14.3. The van der Waals surface area contributed by atoms with Crippen LogP contribution in [0.5, 0.6) is 0 Å². The molecule has 0 spiro atoms. The van der Waals surface area contributed by atoms with E-state index in [9.17, 15) is 9.59 Å². The van der Waals surface area contributed by atoms with Crippen molar-refractivity contribution in [1.29, 1.82) is 0 Å². The van der Waals surface area contributed by atoms with Crippen LogP contribution >= 0.6 is 0 Å². The van der Waals surface area contributed by atoms with Gasteiger partial charge in [0.1, 0.15) is 11.2 Å². The van der Waals surface area contributed by atoms with Gasteiger partial charge in [-0.05, 0) is 93.6 Å². The van der Waals surface area contributed by atoms with E-state index in [0.29, 0.717) is 16.7 Å². The first-order valence-electron chi connectivity index (χ1n) is 17.9. The fourth-order valence-electron chi connectivity index (χ4n) is 8.90. The second-order valence-corrected chi connectivity index (χ2v) is 16.0. The monoisotopic (exact) mass is 670 g/mol. The number of rotatable bonds is 2. The van der Waals surface area contributed by atoms with Crippen molar-refractivity contribution in [2.24, 2.45) is 7.05 Å². The van der Waals surface area contributed by atoms with Crippen LogP contribution in [-0.4, -0.2) is 17.7 Å². The summed E-state index contributed by atoms with van der Waals surface area (Å²) in [6.07, 6.45) is 2.12. The van der Waals surface area contributed by atoms with E-state index in [0.717, 1.165) is 86.0 Å². The summed E-state index contributed by atoms with van der Waals surface area (Å²) in [4.78, 5) is 29.7. The zero-order valence-electron chi connectivity index (χ0n) is 29.5. The molecule has 0 N–H and O–H groups in total. The van der Waals surface area contributed by atoms with Crippen LogP contribution in [0.4, 0.5) is 5.69 Å². The zero-order chi connectivity index (χ0) is 35.0. The normalized spacial score (nSPS) is 16.5. The minimum absolute atomic E-state index is 0.0293. The maximum absolute atomic E-state index is 13.9. The third-order valence-electron chi connectivity index (χ3n) is 12.0. The highest BCUT2D eigenvalue weighted by atomic mass is 16.4. The second-order valence-electron chi connectivity index (χ2n) is 16.0. The lowest BCUT2D eigenvalue weighted by Crippen LogP contribution is -2.44. The van der Waals surface area contributed by atoms with Crippen LogP contribution in [0.3, 0.4) is 0 Å². The Morgan fingerprint density at radius 1 is 0.608 bits per heavy atom.